The normalized spacial score (nSPS) is 17.4. The van der Waals surface area contributed by atoms with Gasteiger partial charge in [0.1, 0.15) is 0 Å². The molecule has 1 aliphatic heterocycles. The van der Waals surface area contributed by atoms with E-state index in [4.69, 9.17) is 27.9 Å². The lowest BCUT2D eigenvalue weighted by atomic mass is 10.0. The molecule has 0 bridgehead atoms. The number of hydrogen-bond acceptors (Lipinski definition) is 3. The maximum Gasteiger partial charge on any atom is 0.0598 e. The Morgan fingerprint density at radius 2 is 1.58 bits per heavy atom. The van der Waals surface area contributed by atoms with Gasteiger partial charge >= 0.3 is 0 Å². The Labute approximate surface area is 166 Å². The van der Waals surface area contributed by atoms with Crippen molar-refractivity contribution >= 4 is 23.2 Å². The minimum absolute atomic E-state index is 0.419. The average molecular weight is 393 g/mol. The molecule has 1 atom stereocenters. The van der Waals surface area contributed by atoms with Gasteiger partial charge in [-0.05, 0) is 35.7 Å². The third-order valence-electron chi connectivity index (χ3n) is 5.21. The van der Waals surface area contributed by atoms with Crippen LogP contribution in [0.25, 0.3) is 11.1 Å². The zero-order valence-corrected chi connectivity index (χ0v) is 16.9. The van der Waals surface area contributed by atoms with Gasteiger partial charge in [0, 0.05) is 45.9 Å². The standard InChI is InChI=1S/C21H26Cl2N2O/c1-16(25-11-9-24(10-12-25)13-14-26-2)17-3-5-18(6-4-17)19-7-8-20(22)21(23)15-19/h3-8,15-16H,9-14H2,1-2H3. The van der Waals surface area contributed by atoms with Crippen LogP contribution in [0.4, 0.5) is 0 Å². The molecular weight excluding hydrogens is 367 g/mol. The molecule has 0 aromatic heterocycles. The van der Waals surface area contributed by atoms with Crippen molar-refractivity contribution in [2.75, 3.05) is 46.4 Å². The summed E-state index contributed by atoms with van der Waals surface area (Å²) < 4.78 is 5.18. The summed E-state index contributed by atoms with van der Waals surface area (Å²) >= 11 is 12.2. The first-order chi connectivity index (χ1) is 12.6. The maximum absolute atomic E-state index is 6.14. The predicted molar refractivity (Wildman–Crippen MR) is 110 cm³/mol. The number of benzene rings is 2. The van der Waals surface area contributed by atoms with Gasteiger partial charge in [-0.3, -0.25) is 9.80 Å². The van der Waals surface area contributed by atoms with Gasteiger partial charge in [0.25, 0.3) is 0 Å². The summed E-state index contributed by atoms with van der Waals surface area (Å²) in [6, 6.07) is 15.0. The van der Waals surface area contributed by atoms with Crippen LogP contribution in [0.15, 0.2) is 42.5 Å². The molecule has 2 aromatic carbocycles. The monoisotopic (exact) mass is 392 g/mol. The Morgan fingerprint density at radius 3 is 2.19 bits per heavy atom. The van der Waals surface area contributed by atoms with Crippen LogP contribution in [0.3, 0.4) is 0 Å². The summed E-state index contributed by atoms with van der Waals surface area (Å²) in [5, 5.41) is 1.18. The van der Waals surface area contributed by atoms with Gasteiger partial charge in [0.15, 0.2) is 0 Å². The highest BCUT2D eigenvalue weighted by atomic mass is 35.5. The molecular formula is C21H26Cl2N2O. The SMILES string of the molecule is COCCN1CCN(C(C)c2ccc(-c3ccc(Cl)c(Cl)c3)cc2)CC1. The quantitative estimate of drug-likeness (QED) is 0.688. The number of methoxy groups -OCH3 is 1. The summed E-state index contributed by atoms with van der Waals surface area (Å²) in [7, 11) is 1.76. The van der Waals surface area contributed by atoms with Crippen LogP contribution in [0.1, 0.15) is 18.5 Å². The summed E-state index contributed by atoms with van der Waals surface area (Å²) in [5.74, 6) is 0. The third-order valence-corrected chi connectivity index (χ3v) is 5.95. The summed E-state index contributed by atoms with van der Waals surface area (Å²) in [5.41, 5.74) is 3.59. The first-order valence-corrected chi connectivity index (χ1v) is 9.85. The number of piperazine rings is 1. The second-order valence-electron chi connectivity index (χ2n) is 6.80. The second-order valence-corrected chi connectivity index (χ2v) is 7.61. The van der Waals surface area contributed by atoms with E-state index in [9.17, 15) is 0 Å². The van der Waals surface area contributed by atoms with Crippen molar-refractivity contribution < 1.29 is 4.74 Å². The molecule has 3 rings (SSSR count). The molecule has 1 saturated heterocycles. The molecule has 0 N–H and O–H groups in total. The lowest BCUT2D eigenvalue weighted by molar-refractivity contribution is 0.0786. The Balaban J connectivity index is 1.62. The van der Waals surface area contributed by atoms with Crippen LogP contribution in [0, 0.1) is 0 Å². The number of rotatable bonds is 6. The van der Waals surface area contributed by atoms with Crippen molar-refractivity contribution in [3.05, 3.63) is 58.1 Å². The molecule has 0 radical (unpaired) electrons. The van der Waals surface area contributed by atoms with E-state index in [0.717, 1.165) is 50.5 Å². The second kappa shape index (κ2) is 9.20. The number of ether oxygens (including phenoxy) is 1. The summed E-state index contributed by atoms with van der Waals surface area (Å²) in [6.45, 7) is 8.53. The van der Waals surface area contributed by atoms with Crippen molar-refractivity contribution in [2.45, 2.75) is 13.0 Å². The number of nitrogens with zero attached hydrogens (tertiary/aromatic N) is 2. The molecule has 140 valence electrons. The van der Waals surface area contributed by atoms with E-state index in [1.165, 1.54) is 5.56 Å². The van der Waals surface area contributed by atoms with E-state index in [1.807, 2.05) is 18.2 Å². The molecule has 1 aliphatic rings. The van der Waals surface area contributed by atoms with Gasteiger partial charge in [-0.2, -0.15) is 0 Å². The van der Waals surface area contributed by atoms with Gasteiger partial charge in [0.05, 0.1) is 16.7 Å². The van der Waals surface area contributed by atoms with Gasteiger partial charge in [0.2, 0.25) is 0 Å². The molecule has 0 saturated carbocycles. The highest BCUT2D eigenvalue weighted by Gasteiger charge is 2.21. The molecule has 2 aromatic rings. The van der Waals surface area contributed by atoms with Gasteiger partial charge in [-0.25, -0.2) is 0 Å². The fourth-order valence-electron chi connectivity index (χ4n) is 3.44. The van der Waals surface area contributed by atoms with Crippen LogP contribution in [-0.4, -0.2) is 56.2 Å². The van der Waals surface area contributed by atoms with Crippen LogP contribution < -0.4 is 0 Å². The van der Waals surface area contributed by atoms with E-state index in [0.29, 0.717) is 16.1 Å². The van der Waals surface area contributed by atoms with Crippen molar-refractivity contribution in [3.63, 3.8) is 0 Å². The molecule has 0 amide bonds. The highest BCUT2D eigenvalue weighted by molar-refractivity contribution is 6.42. The zero-order valence-electron chi connectivity index (χ0n) is 15.4. The van der Waals surface area contributed by atoms with E-state index >= 15 is 0 Å². The van der Waals surface area contributed by atoms with E-state index in [-0.39, 0.29) is 0 Å². The van der Waals surface area contributed by atoms with Crippen molar-refractivity contribution in [1.82, 2.24) is 9.80 Å². The Kier molecular flexibility index (Phi) is 6.96. The fraction of sp³-hybridized carbons (Fsp3) is 0.429. The molecule has 1 fully saturated rings. The summed E-state index contributed by atoms with van der Waals surface area (Å²) in [4.78, 5) is 5.03. The first-order valence-electron chi connectivity index (χ1n) is 9.09. The Morgan fingerprint density at radius 1 is 0.923 bits per heavy atom. The topological polar surface area (TPSA) is 15.7 Å². The largest absolute Gasteiger partial charge is 0.383 e. The smallest absolute Gasteiger partial charge is 0.0598 e. The maximum atomic E-state index is 6.14. The van der Waals surface area contributed by atoms with E-state index in [1.54, 1.807) is 7.11 Å². The number of halogens is 2. The van der Waals surface area contributed by atoms with Crippen LogP contribution in [0.5, 0.6) is 0 Å². The molecule has 1 heterocycles. The van der Waals surface area contributed by atoms with E-state index < -0.39 is 0 Å². The minimum atomic E-state index is 0.419. The first kappa shape index (κ1) is 19.7. The molecule has 3 nitrogen and oxygen atoms in total. The molecule has 5 heteroatoms. The summed E-state index contributed by atoms with van der Waals surface area (Å²) in [6.07, 6.45) is 0. The Bertz CT molecular complexity index is 712. The van der Waals surface area contributed by atoms with Crippen LogP contribution in [0.2, 0.25) is 10.0 Å². The average Bonchev–Trinajstić information content (AvgIpc) is 2.68. The minimum Gasteiger partial charge on any atom is -0.383 e. The fourth-order valence-corrected chi connectivity index (χ4v) is 3.73. The third kappa shape index (κ3) is 4.79. The van der Waals surface area contributed by atoms with Crippen molar-refractivity contribution in [1.29, 1.82) is 0 Å². The van der Waals surface area contributed by atoms with Gasteiger partial charge in [-0.15, -0.1) is 0 Å². The lowest BCUT2D eigenvalue weighted by Gasteiger charge is -2.38. The predicted octanol–water partition coefficient (Wildman–Crippen LogP) is 4.99. The Hall–Kier alpha value is -1.10. The van der Waals surface area contributed by atoms with Crippen molar-refractivity contribution in [2.24, 2.45) is 0 Å². The number of hydrogen-bond donors (Lipinski definition) is 0. The highest BCUT2D eigenvalue weighted by Crippen LogP contribution is 2.30. The molecule has 0 aliphatic carbocycles. The van der Waals surface area contributed by atoms with Gasteiger partial charge < -0.3 is 4.74 Å². The van der Waals surface area contributed by atoms with Gasteiger partial charge in [-0.1, -0.05) is 53.5 Å². The lowest BCUT2D eigenvalue weighted by Crippen LogP contribution is -2.47. The molecule has 26 heavy (non-hydrogen) atoms. The molecule has 1 unspecified atom stereocenters. The van der Waals surface area contributed by atoms with Crippen molar-refractivity contribution in [3.8, 4) is 11.1 Å². The van der Waals surface area contributed by atoms with Crippen LogP contribution >= 0.6 is 23.2 Å². The van der Waals surface area contributed by atoms with E-state index in [2.05, 4.69) is 41.0 Å². The molecule has 0 spiro atoms. The van der Waals surface area contributed by atoms with Crippen LogP contribution in [-0.2, 0) is 4.74 Å². The zero-order chi connectivity index (χ0) is 18.5.